The molecule has 0 aliphatic rings. The molecular weight excluding hydrogens is 210 g/mol. The molecule has 0 spiro atoms. The van der Waals surface area contributed by atoms with Crippen molar-refractivity contribution in [2.75, 3.05) is 6.54 Å². The Morgan fingerprint density at radius 3 is 2.69 bits per heavy atom. The Morgan fingerprint density at radius 1 is 1.62 bits per heavy atom. The number of aryl methyl sites for hydroxylation is 1. The summed E-state index contributed by atoms with van der Waals surface area (Å²) in [5, 5.41) is 16.0. The summed E-state index contributed by atoms with van der Waals surface area (Å²) in [6, 6.07) is 0. The minimum absolute atomic E-state index is 0.0166. The van der Waals surface area contributed by atoms with E-state index in [4.69, 9.17) is 0 Å². The number of rotatable bonds is 4. The monoisotopic (exact) mass is 227 g/mol. The van der Waals surface area contributed by atoms with E-state index in [-0.39, 0.29) is 18.3 Å². The molecule has 0 saturated heterocycles. The Kier molecular flexibility index (Phi) is 3.64. The summed E-state index contributed by atoms with van der Waals surface area (Å²) in [5.41, 5.74) is -0.950. The van der Waals surface area contributed by atoms with Gasteiger partial charge < -0.3 is 14.9 Å². The van der Waals surface area contributed by atoms with E-state index in [0.717, 1.165) is 0 Å². The van der Waals surface area contributed by atoms with Crippen molar-refractivity contribution in [3.8, 4) is 0 Å². The number of nitrogens with one attached hydrogen (secondary N) is 1. The molecule has 6 nitrogen and oxygen atoms in total. The fourth-order valence-corrected chi connectivity index (χ4v) is 0.934. The first kappa shape index (κ1) is 12.6. The van der Waals surface area contributed by atoms with Gasteiger partial charge in [0.25, 0.3) is 11.7 Å². The Labute approximate surface area is 94.0 Å². The van der Waals surface area contributed by atoms with Crippen LogP contribution in [-0.2, 0) is 0 Å². The molecule has 0 bridgehead atoms. The van der Waals surface area contributed by atoms with E-state index in [1.807, 2.05) is 13.8 Å². The zero-order valence-corrected chi connectivity index (χ0v) is 9.94. The number of aliphatic hydroxyl groups is 1. The lowest BCUT2D eigenvalue weighted by atomic mass is 9.92. The van der Waals surface area contributed by atoms with Crippen LogP contribution < -0.4 is 5.32 Å². The van der Waals surface area contributed by atoms with Crippen molar-refractivity contribution in [1.29, 1.82) is 0 Å². The van der Waals surface area contributed by atoms with Crippen LogP contribution in [0.5, 0.6) is 0 Å². The van der Waals surface area contributed by atoms with E-state index in [1.165, 1.54) is 0 Å². The molecule has 0 aliphatic heterocycles. The van der Waals surface area contributed by atoms with Crippen LogP contribution in [0.15, 0.2) is 4.52 Å². The summed E-state index contributed by atoms with van der Waals surface area (Å²) in [4.78, 5) is 15.3. The SMILES string of the molecule is Cc1nc(C(=O)NCC(C)(O)C(C)C)no1. The predicted octanol–water partition coefficient (Wildman–Crippen LogP) is 0.515. The van der Waals surface area contributed by atoms with Gasteiger partial charge in [-0.1, -0.05) is 19.0 Å². The topological polar surface area (TPSA) is 88.2 Å². The zero-order chi connectivity index (χ0) is 12.3. The smallest absolute Gasteiger partial charge is 0.292 e. The number of nitrogens with zero attached hydrogens (tertiary/aromatic N) is 2. The highest BCUT2D eigenvalue weighted by Crippen LogP contribution is 2.14. The maximum absolute atomic E-state index is 11.5. The van der Waals surface area contributed by atoms with Gasteiger partial charge in [0, 0.05) is 13.5 Å². The minimum Gasteiger partial charge on any atom is -0.388 e. The fourth-order valence-electron chi connectivity index (χ4n) is 0.934. The van der Waals surface area contributed by atoms with Crippen LogP contribution in [0.1, 0.15) is 37.3 Å². The first-order valence-electron chi connectivity index (χ1n) is 5.14. The Morgan fingerprint density at radius 2 is 2.25 bits per heavy atom. The van der Waals surface area contributed by atoms with Crippen LogP contribution in [0.3, 0.4) is 0 Å². The Balaban J connectivity index is 2.54. The molecule has 0 aromatic carbocycles. The van der Waals surface area contributed by atoms with Crippen molar-refractivity contribution in [2.24, 2.45) is 5.92 Å². The lowest BCUT2D eigenvalue weighted by Gasteiger charge is -2.27. The van der Waals surface area contributed by atoms with Gasteiger partial charge in [-0.3, -0.25) is 4.79 Å². The summed E-state index contributed by atoms with van der Waals surface area (Å²) >= 11 is 0. The lowest BCUT2D eigenvalue weighted by Crippen LogP contribution is -2.44. The van der Waals surface area contributed by atoms with Gasteiger partial charge in [-0.05, 0) is 12.8 Å². The van der Waals surface area contributed by atoms with E-state index >= 15 is 0 Å². The zero-order valence-electron chi connectivity index (χ0n) is 9.94. The van der Waals surface area contributed by atoms with Crippen LogP contribution in [0.4, 0.5) is 0 Å². The van der Waals surface area contributed by atoms with Crippen LogP contribution in [0, 0.1) is 12.8 Å². The average Bonchev–Trinajstić information content (AvgIpc) is 2.61. The normalized spacial score (nSPS) is 14.9. The van der Waals surface area contributed by atoms with E-state index < -0.39 is 11.5 Å². The highest BCUT2D eigenvalue weighted by Gasteiger charge is 2.26. The Bertz CT molecular complexity index is 371. The van der Waals surface area contributed by atoms with Crippen LogP contribution in [-0.4, -0.2) is 33.3 Å². The van der Waals surface area contributed by atoms with Crippen molar-refractivity contribution >= 4 is 5.91 Å². The molecule has 1 aromatic rings. The van der Waals surface area contributed by atoms with Gasteiger partial charge in [0.05, 0.1) is 5.60 Å². The second-order valence-electron chi connectivity index (χ2n) is 4.33. The molecule has 1 rings (SSSR count). The van der Waals surface area contributed by atoms with E-state index in [9.17, 15) is 9.90 Å². The molecule has 90 valence electrons. The molecule has 0 aliphatic carbocycles. The summed E-state index contributed by atoms with van der Waals surface area (Å²) in [5.74, 6) is -0.0876. The highest BCUT2D eigenvalue weighted by molar-refractivity contribution is 5.90. The fraction of sp³-hybridized carbons (Fsp3) is 0.700. The molecule has 16 heavy (non-hydrogen) atoms. The second kappa shape index (κ2) is 4.61. The third-order valence-corrected chi connectivity index (χ3v) is 2.58. The molecule has 6 heteroatoms. The van der Waals surface area contributed by atoms with Gasteiger partial charge in [-0.25, -0.2) is 0 Å². The maximum atomic E-state index is 11.5. The van der Waals surface area contributed by atoms with Gasteiger partial charge in [0.15, 0.2) is 0 Å². The minimum atomic E-state index is -0.950. The van der Waals surface area contributed by atoms with Crippen molar-refractivity contribution in [3.63, 3.8) is 0 Å². The molecule has 2 N–H and O–H groups in total. The van der Waals surface area contributed by atoms with Crippen molar-refractivity contribution in [3.05, 3.63) is 11.7 Å². The van der Waals surface area contributed by atoms with Gasteiger partial charge in [0.2, 0.25) is 5.89 Å². The quantitative estimate of drug-likeness (QED) is 0.782. The number of amides is 1. The van der Waals surface area contributed by atoms with Gasteiger partial charge in [-0.2, -0.15) is 4.98 Å². The van der Waals surface area contributed by atoms with E-state index in [2.05, 4.69) is 20.0 Å². The van der Waals surface area contributed by atoms with Crippen molar-refractivity contribution in [2.45, 2.75) is 33.3 Å². The van der Waals surface area contributed by atoms with Crippen LogP contribution >= 0.6 is 0 Å². The molecule has 1 heterocycles. The van der Waals surface area contributed by atoms with Crippen LogP contribution in [0.25, 0.3) is 0 Å². The largest absolute Gasteiger partial charge is 0.388 e. The van der Waals surface area contributed by atoms with Gasteiger partial charge in [-0.15, -0.1) is 0 Å². The summed E-state index contributed by atoms with van der Waals surface area (Å²) in [6.45, 7) is 7.18. The molecule has 1 amide bonds. The van der Waals surface area contributed by atoms with E-state index in [0.29, 0.717) is 5.89 Å². The summed E-state index contributed by atoms with van der Waals surface area (Å²) in [6.07, 6.45) is 0. The highest BCUT2D eigenvalue weighted by atomic mass is 16.5. The first-order valence-corrected chi connectivity index (χ1v) is 5.14. The molecule has 0 saturated carbocycles. The number of carbonyl (C=O) groups is 1. The maximum Gasteiger partial charge on any atom is 0.292 e. The molecule has 1 aromatic heterocycles. The Hall–Kier alpha value is -1.43. The number of hydrogen-bond donors (Lipinski definition) is 2. The van der Waals surface area contributed by atoms with E-state index in [1.54, 1.807) is 13.8 Å². The third-order valence-electron chi connectivity index (χ3n) is 2.58. The third kappa shape index (κ3) is 3.03. The molecular formula is C10H17N3O3. The molecule has 1 atom stereocenters. The van der Waals surface area contributed by atoms with Crippen molar-refractivity contribution in [1.82, 2.24) is 15.5 Å². The van der Waals surface area contributed by atoms with Gasteiger partial charge >= 0.3 is 0 Å². The van der Waals surface area contributed by atoms with Crippen molar-refractivity contribution < 1.29 is 14.4 Å². The lowest BCUT2D eigenvalue weighted by molar-refractivity contribution is 0.0141. The second-order valence-corrected chi connectivity index (χ2v) is 4.33. The number of aromatic nitrogens is 2. The molecule has 0 radical (unpaired) electrons. The number of carbonyl (C=O) groups excluding carboxylic acids is 1. The standard InChI is InChI=1S/C10H17N3O3/c1-6(2)10(4,15)5-11-9(14)8-12-7(3)16-13-8/h6,15H,5H2,1-4H3,(H,11,14). The first-order chi connectivity index (χ1) is 7.33. The van der Waals surface area contributed by atoms with Gasteiger partial charge in [0.1, 0.15) is 0 Å². The average molecular weight is 227 g/mol. The van der Waals surface area contributed by atoms with Crippen LogP contribution in [0.2, 0.25) is 0 Å². The number of hydrogen-bond acceptors (Lipinski definition) is 5. The molecule has 1 unspecified atom stereocenters. The summed E-state index contributed by atoms with van der Waals surface area (Å²) < 4.78 is 4.68. The predicted molar refractivity (Wildman–Crippen MR) is 56.8 cm³/mol. The molecule has 0 fully saturated rings. The summed E-state index contributed by atoms with van der Waals surface area (Å²) in [7, 11) is 0.